The summed E-state index contributed by atoms with van der Waals surface area (Å²) in [4.78, 5) is 12.9. The Morgan fingerprint density at radius 2 is 1.76 bits per heavy atom. The van der Waals surface area contributed by atoms with Crippen LogP contribution in [0.4, 0.5) is 0 Å². The standard InChI is InChI=1S/C30H45ClN2O5/c1-20(2)22(16-21-8-13-27(37-6)28(17-21)38-15-7-14-36-5)18-25(32)26(34)19-33-29(35)30(3,4)23-9-11-24(31)12-10-23/h8-13,17,20,22,25-26,34H,7,14-16,18-19,32H2,1-6H3,(H,33,35)/t22-,25-,26-/m0/s1. The van der Waals surface area contributed by atoms with Gasteiger partial charge < -0.3 is 30.4 Å². The van der Waals surface area contributed by atoms with Crippen molar-refractivity contribution in [3.63, 3.8) is 0 Å². The summed E-state index contributed by atoms with van der Waals surface area (Å²) in [7, 11) is 3.30. The summed E-state index contributed by atoms with van der Waals surface area (Å²) in [6.07, 6.45) is 1.33. The maximum atomic E-state index is 12.9. The molecule has 1 amide bonds. The second kappa shape index (κ2) is 15.3. The second-order valence-electron chi connectivity index (χ2n) is 10.7. The van der Waals surface area contributed by atoms with Crippen molar-refractivity contribution in [1.82, 2.24) is 5.32 Å². The van der Waals surface area contributed by atoms with Gasteiger partial charge in [0.15, 0.2) is 11.5 Å². The van der Waals surface area contributed by atoms with Crippen molar-refractivity contribution >= 4 is 17.5 Å². The van der Waals surface area contributed by atoms with Crippen molar-refractivity contribution in [2.45, 2.75) is 64.5 Å². The number of benzene rings is 2. The number of aliphatic hydroxyl groups is 1. The lowest BCUT2D eigenvalue weighted by Crippen LogP contribution is -2.48. The number of carbonyl (C=O) groups is 1. The zero-order valence-corrected chi connectivity index (χ0v) is 24.4. The zero-order valence-electron chi connectivity index (χ0n) is 23.6. The molecule has 2 aromatic carbocycles. The summed E-state index contributed by atoms with van der Waals surface area (Å²) in [5.41, 5.74) is 7.62. The Labute approximate surface area is 233 Å². The quantitative estimate of drug-likeness (QED) is 0.262. The van der Waals surface area contributed by atoms with Crippen LogP contribution >= 0.6 is 11.6 Å². The largest absolute Gasteiger partial charge is 0.493 e. The molecule has 0 aliphatic heterocycles. The van der Waals surface area contributed by atoms with E-state index >= 15 is 0 Å². The highest BCUT2D eigenvalue weighted by Gasteiger charge is 2.31. The monoisotopic (exact) mass is 548 g/mol. The number of rotatable bonds is 16. The minimum Gasteiger partial charge on any atom is -0.493 e. The molecule has 2 rings (SSSR count). The number of halogens is 1. The highest BCUT2D eigenvalue weighted by atomic mass is 35.5. The van der Waals surface area contributed by atoms with Crippen LogP contribution in [0.25, 0.3) is 0 Å². The molecule has 3 atom stereocenters. The molecule has 8 heteroatoms. The minimum atomic E-state index is -0.864. The first-order valence-electron chi connectivity index (χ1n) is 13.3. The molecule has 0 saturated carbocycles. The fourth-order valence-electron chi connectivity index (χ4n) is 4.31. The summed E-state index contributed by atoms with van der Waals surface area (Å²) < 4.78 is 16.5. The number of amides is 1. The maximum absolute atomic E-state index is 12.9. The molecule has 0 fully saturated rings. The summed E-state index contributed by atoms with van der Waals surface area (Å²) in [5, 5.41) is 14.3. The van der Waals surface area contributed by atoms with Crippen LogP contribution in [-0.4, -0.2) is 57.1 Å². The number of ether oxygens (including phenoxy) is 3. The van der Waals surface area contributed by atoms with Gasteiger partial charge in [0, 0.05) is 37.7 Å². The molecule has 0 aliphatic rings. The van der Waals surface area contributed by atoms with Crippen LogP contribution in [-0.2, 0) is 21.4 Å². The fourth-order valence-corrected chi connectivity index (χ4v) is 4.44. The Morgan fingerprint density at radius 3 is 2.37 bits per heavy atom. The topological polar surface area (TPSA) is 103 Å². The Morgan fingerprint density at radius 1 is 1.08 bits per heavy atom. The molecule has 0 unspecified atom stereocenters. The normalized spacial score (nSPS) is 14.2. The number of nitrogens with two attached hydrogens (primary N) is 1. The van der Waals surface area contributed by atoms with E-state index in [1.54, 1.807) is 26.4 Å². The van der Waals surface area contributed by atoms with E-state index in [1.165, 1.54) is 0 Å². The third kappa shape index (κ3) is 9.45. The van der Waals surface area contributed by atoms with Gasteiger partial charge in [-0.15, -0.1) is 0 Å². The van der Waals surface area contributed by atoms with Crippen LogP contribution < -0.4 is 20.5 Å². The van der Waals surface area contributed by atoms with E-state index in [4.69, 9.17) is 31.5 Å². The predicted molar refractivity (Wildman–Crippen MR) is 153 cm³/mol. The van der Waals surface area contributed by atoms with Crippen molar-refractivity contribution in [1.29, 1.82) is 0 Å². The molecule has 212 valence electrons. The van der Waals surface area contributed by atoms with Crippen molar-refractivity contribution in [2.24, 2.45) is 17.6 Å². The number of carbonyl (C=O) groups excluding carboxylic acids is 1. The van der Waals surface area contributed by atoms with Crippen LogP contribution in [0.2, 0.25) is 5.02 Å². The van der Waals surface area contributed by atoms with Gasteiger partial charge in [-0.2, -0.15) is 0 Å². The molecule has 0 radical (unpaired) electrons. The number of hydrogen-bond acceptors (Lipinski definition) is 6. The molecule has 0 saturated heterocycles. The third-order valence-electron chi connectivity index (χ3n) is 7.09. The van der Waals surface area contributed by atoms with Gasteiger partial charge in [-0.05, 0) is 73.9 Å². The number of aliphatic hydroxyl groups excluding tert-OH is 1. The van der Waals surface area contributed by atoms with E-state index in [-0.39, 0.29) is 18.4 Å². The molecule has 4 N–H and O–H groups in total. The summed E-state index contributed by atoms with van der Waals surface area (Å²) in [6, 6.07) is 12.7. The molecular weight excluding hydrogens is 504 g/mol. The van der Waals surface area contributed by atoms with E-state index in [2.05, 4.69) is 19.2 Å². The van der Waals surface area contributed by atoms with Gasteiger partial charge in [0.05, 0.1) is 25.2 Å². The molecule has 0 bridgehead atoms. The average molecular weight is 549 g/mol. The lowest BCUT2D eigenvalue weighted by atomic mass is 9.82. The van der Waals surface area contributed by atoms with Crippen LogP contribution in [0.15, 0.2) is 42.5 Å². The molecule has 2 aromatic rings. The first kappa shape index (κ1) is 31.9. The molecule has 7 nitrogen and oxygen atoms in total. The van der Waals surface area contributed by atoms with Gasteiger partial charge in [0.2, 0.25) is 5.91 Å². The van der Waals surface area contributed by atoms with E-state index in [0.717, 1.165) is 24.0 Å². The SMILES string of the molecule is COCCCOc1cc(C[C@@H](C[C@H](N)[C@@H](O)CNC(=O)C(C)(C)c2ccc(Cl)cc2)C(C)C)ccc1OC. The number of methoxy groups -OCH3 is 2. The van der Waals surface area contributed by atoms with Crippen LogP contribution in [0.3, 0.4) is 0 Å². The minimum absolute atomic E-state index is 0.0871. The van der Waals surface area contributed by atoms with Gasteiger partial charge in [-0.25, -0.2) is 0 Å². The summed E-state index contributed by atoms with van der Waals surface area (Å²) in [6.45, 7) is 9.27. The summed E-state index contributed by atoms with van der Waals surface area (Å²) in [5.74, 6) is 1.80. The molecule has 0 aliphatic carbocycles. The molecular formula is C30H45ClN2O5. The highest BCUT2D eigenvalue weighted by Crippen LogP contribution is 2.31. The maximum Gasteiger partial charge on any atom is 0.230 e. The van der Waals surface area contributed by atoms with Crippen molar-refractivity contribution < 1.29 is 24.1 Å². The third-order valence-corrected chi connectivity index (χ3v) is 7.35. The van der Waals surface area contributed by atoms with Crippen LogP contribution in [0, 0.1) is 11.8 Å². The van der Waals surface area contributed by atoms with Gasteiger partial charge >= 0.3 is 0 Å². The fraction of sp³-hybridized carbons (Fsp3) is 0.567. The first-order chi connectivity index (χ1) is 18.0. The Hall–Kier alpha value is -2.32. The van der Waals surface area contributed by atoms with Crippen molar-refractivity contribution in [2.75, 3.05) is 34.0 Å². The van der Waals surface area contributed by atoms with Crippen LogP contribution in [0.1, 0.15) is 51.7 Å². The van der Waals surface area contributed by atoms with Gasteiger partial charge in [0.1, 0.15) is 0 Å². The highest BCUT2D eigenvalue weighted by molar-refractivity contribution is 6.30. The van der Waals surface area contributed by atoms with E-state index in [1.807, 2.05) is 44.2 Å². The van der Waals surface area contributed by atoms with Crippen molar-refractivity contribution in [3.05, 3.63) is 58.6 Å². The average Bonchev–Trinajstić information content (AvgIpc) is 2.89. The number of hydrogen-bond donors (Lipinski definition) is 3. The molecule has 38 heavy (non-hydrogen) atoms. The molecule has 0 heterocycles. The zero-order chi connectivity index (χ0) is 28.3. The molecule has 0 spiro atoms. The van der Waals surface area contributed by atoms with Gasteiger partial charge in [-0.3, -0.25) is 4.79 Å². The van der Waals surface area contributed by atoms with Gasteiger partial charge in [0.25, 0.3) is 0 Å². The Kier molecular flexibility index (Phi) is 12.9. The van der Waals surface area contributed by atoms with E-state index in [0.29, 0.717) is 42.1 Å². The van der Waals surface area contributed by atoms with E-state index < -0.39 is 17.6 Å². The lowest BCUT2D eigenvalue weighted by molar-refractivity contribution is -0.126. The lowest BCUT2D eigenvalue weighted by Gasteiger charge is -2.29. The van der Waals surface area contributed by atoms with Gasteiger partial charge in [-0.1, -0.05) is 43.6 Å². The second-order valence-corrected chi connectivity index (χ2v) is 11.1. The smallest absolute Gasteiger partial charge is 0.230 e. The number of nitrogens with one attached hydrogen (secondary N) is 1. The predicted octanol–water partition coefficient (Wildman–Crippen LogP) is 4.75. The first-order valence-corrected chi connectivity index (χ1v) is 13.6. The van der Waals surface area contributed by atoms with Crippen molar-refractivity contribution in [3.8, 4) is 11.5 Å². The van der Waals surface area contributed by atoms with Crippen LogP contribution in [0.5, 0.6) is 11.5 Å². The van der Waals surface area contributed by atoms with E-state index in [9.17, 15) is 9.90 Å². The molecule has 0 aromatic heterocycles. The Bertz CT molecular complexity index is 997. The summed E-state index contributed by atoms with van der Waals surface area (Å²) >= 11 is 5.98. The Balaban J connectivity index is 1.98.